The number of benzene rings is 2. The number of hydrogen-bond donors (Lipinski definition) is 1. The second-order valence-electron chi connectivity index (χ2n) is 6.58. The Morgan fingerprint density at radius 3 is 2.83 bits per heavy atom. The summed E-state index contributed by atoms with van der Waals surface area (Å²) in [6, 6.07) is 11.3. The standard InChI is InChI=1S/C20H18ClN3O3S2/c1-2-16-12-28-20(22-16)23-19(25)14-7-6-13-8-9-24(18(13)10-14)29(26,27)17-5-3-4-15(21)11-17/h3-7,10-12H,2,8-9H2,1H3,(H,22,23,25). The van der Waals surface area contributed by atoms with Crippen molar-refractivity contribution >= 4 is 49.7 Å². The molecule has 3 aromatic rings. The van der Waals surface area contributed by atoms with Crippen molar-refractivity contribution in [3.63, 3.8) is 0 Å². The van der Waals surface area contributed by atoms with Crippen molar-refractivity contribution < 1.29 is 13.2 Å². The zero-order chi connectivity index (χ0) is 20.6. The Morgan fingerprint density at radius 2 is 2.10 bits per heavy atom. The van der Waals surface area contributed by atoms with Crippen molar-refractivity contribution in [1.29, 1.82) is 0 Å². The Bertz CT molecular complexity index is 1190. The van der Waals surface area contributed by atoms with Crippen LogP contribution in [0.2, 0.25) is 5.02 Å². The van der Waals surface area contributed by atoms with Crippen LogP contribution in [0.1, 0.15) is 28.5 Å². The van der Waals surface area contributed by atoms with E-state index in [0.717, 1.165) is 17.7 Å². The van der Waals surface area contributed by atoms with Gasteiger partial charge in [-0.1, -0.05) is 30.7 Å². The number of carbonyl (C=O) groups excluding carboxylic acids is 1. The smallest absolute Gasteiger partial charge is 0.264 e. The van der Waals surface area contributed by atoms with Gasteiger partial charge in [0.2, 0.25) is 0 Å². The minimum atomic E-state index is -3.77. The summed E-state index contributed by atoms with van der Waals surface area (Å²) in [7, 11) is -3.77. The van der Waals surface area contributed by atoms with Crippen LogP contribution in [0.4, 0.5) is 10.8 Å². The molecule has 29 heavy (non-hydrogen) atoms. The van der Waals surface area contributed by atoms with Gasteiger partial charge in [0.1, 0.15) is 0 Å². The third-order valence-corrected chi connectivity index (χ3v) is 7.57. The van der Waals surface area contributed by atoms with Gasteiger partial charge < -0.3 is 0 Å². The SMILES string of the molecule is CCc1csc(NC(=O)c2ccc3c(c2)N(S(=O)(=O)c2cccc(Cl)c2)CC3)n1. The molecule has 4 rings (SSSR count). The summed E-state index contributed by atoms with van der Waals surface area (Å²) in [5.74, 6) is -0.322. The van der Waals surface area contributed by atoms with E-state index in [-0.39, 0.29) is 10.8 Å². The number of carbonyl (C=O) groups is 1. The maximum atomic E-state index is 13.1. The number of fused-ring (bicyclic) bond motifs is 1. The molecule has 6 nitrogen and oxygen atoms in total. The Balaban J connectivity index is 1.63. The van der Waals surface area contributed by atoms with Crippen molar-refractivity contribution in [3.8, 4) is 0 Å². The average Bonchev–Trinajstić information content (AvgIpc) is 3.34. The Kier molecular flexibility index (Phi) is 5.33. The largest absolute Gasteiger partial charge is 0.298 e. The van der Waals surface area contributed by atoms with Gasteiger partial charge >= 0.3 is 0 Å². The normalized spacial score (nSPS) is 13.4. The number of hydrogen-bond acceptors (Lipinski definition) is 5. The molecule has 0 aliphatic carbocycles. The Hall–Kier alpha value is -2.42. The number of anilines is 2. The first kappa shape index (κ1) is 19.9. The van der Waals surface area contributed by atoms with Crippen LogP contribution in [0, 0.1) is 0 Å². The van der Waals surface area contributed by atoms with E-state index in [1.807, 2.05) is 12.3 Å². The zero-order valence-electron chi connectivity index (χ0n) is 15.6. The predicted molar refractivity (Wildman–Crippen MR) is 116 cm³/mol. The quantitative estimate of drug-likeness (QED) is 0.630. The number of thiazole rings is 1. The maximum absolute atomic E-state index is 13.1. The molecule has 1 aliphatic heterocycles. The van der Waals surface area contributed by atoms with Crippen molar-refractivity contribution in [2.24, 2.45) is 0 Å². The molecule has 0 atom stereocenters. The number of halogens is 1. The van der Waals surface area contributed by atoms with Crippen LogP contribution >= 0.6 is 22.9 Å². The fraction of sp³-hybridized carbons (Fsp3) is 0.200. The summed E-state index contributed by atoms with van der Waals surface area (Å²) in [4.78, 5) is 17.1. The molecule has 0 fully saturated rings. The second-order valence-corrected chi connectivity index (χ2v) is 9.74. The van der Waals surface area contributed by atoms with Crippen LogP contribution in [0.5, 0.6) is 0 Å². The van der Waals surface area contributed by atoms with Crippen molar-refractivity contribution in [3.05, 3.63) is 69.7 Å². The first-order valence-corrected chi connectivity index (χ1v) is 11.7. The third kappa shape index (κ3) is 3.88. The molecule has 1 aromatic heterocycles. The van der Waals surface area contributed by atoms with E-state index in [9.17, 15) is 13.2 Å². The number of nitrogens with zero attached hydrogens (tertiary/aromatic N) is 2. The Morgan fingerprint density at radius 1 is 1.28 bits per heavy atom. The molecule has 0 saturated heterocycles. The van der Waals surface area contributed by atoms with Crippen molar-refractivity contribution in [2.75, 3.05) is 16.2 Å². The monoisotopic (exact) mass is 447 g/mol. The van der Waals surface area contributed by atoms with E-state index in [2.05, 4.69) is 10.3 Å². The summed E-state index contributed by atoms with van der Waals surface area (Å²) < 4.78 is 27.6. The summed E-state index contributed by atoms with van der Waals surface area (Å²) in [5, 5.41) is 5.56. The molecule has 1 amide bonds. The third-order valence-electron chi connectivity index (χ3n) is 4.72. The average molecular weight is 448 g/mol. The van der Waals surface area contributed by atoms with E-state index in [0.29, 0.717) is 34.4 Å². The summed E-state index contributed by atoms with van der Waals surface area (Å²) in [6.07, 6.45) is 1.38. The van der Waals surface area contributed by atoms with Gasteiger partial charge in [-0.25, -0.2) is 13.4 Å². The van der Waals surface area contributed by atoms with Gasteiger partial charge in [-0.15, -0.1) is 11.3 Å². The molecule has 0 bridgehead atoms. The molecule has 2 heterocycles. The van der Waals surface area contributed by atoms with Crippen molar-refractivity contribution in [1.82, 2.24) is 4.98 Å². The molecular weight excluding hydrogens is 430 g/mol. The summed E-state index contributed by atoms with van der Waals surface area (Å²) in [5.41, 5.74) is 2.70. The first-order chi connectivity index (χ1) is 13.9. The van der Waals surface area contributed by atoms with Crippen LogP contribution in [-0.4, -0.2) is 25.9 Å². The number of rotatable bonds is 5. The molecule has 0 spiro atoms. The van der Waals surface area contributed by atoms with E-state index in [1.54, 1.807) is 30.3 Å². The van der Waals surface area contributed by atoms with Gasteiger partial charge in [0.25, 0.3) is 15.9 Å². The highest BCUT2D eigenvalue weighted by molar-refractivity contribution is 7.92. The van der Waals surface area contributed by atoms with Crippen LogP contribution in [0.25, 0.3) is 0 Å². The lowest BCUT2D eigenvalue weighted by atomic mass is 10.1. The number of aryl methyl sites for hydroxylation is 1. The molecule has 1 aliphatic rings. The molecular formula is C20H18ClN3O3S2. The van der Waals surface area contributed by atoms with Gasteiger partial charge in [-0.05, 0) is 48.7 Å². The molecule has 9 heteroatoms. The zero-order valence-corrected chi connectivity index (χ0v) is 17.9. The van der Waals surface area contributed by atoms with Gasteiger partial charge in [-0.2, -0.15) is 0 Å². The molecule has 150 valence electrons. The molecule has 0 saturated carbocycles. The van der Waals surface area contributed by atoms with Gasteiger partial charge in [0, 0.05) is 22.5 Å². The van der Waals surface area contributed by atoms with E-state index < -0.39 is 10.0 Å². The highest BCUT2D eigenvalue weighted by atomic mass is 35.5. The second kappa shape index (κ2) is 7.78. The fourth-order valence-electron chi connectivity index (χ4n) is 3.19. The molecule has 0 radical (unpaired) electrons. The number of sulfonamides is 1. The van der Waals surface area contributed by atoms with Gasteiger partial charge in [-0.3, -0.25) is 14.4 Å². The van der Waals surface area contributed by atoms with E-state index in [4.69, 9.17) is 11.6 Å². The topological polar surface area (TPSA) is 79.4 Å². The molecule has 2 aromatic carbocycles. The lowest BCUT2D eigenvalue weighted by Crippen LogP contribution is -2.29. The fourth-order valence-corrected chi connectivity index (χ4v) is 5.78. The predicted octanol–water partition coefficient (Wildman–Crippen LogP) is 4.36. The van der Waals surface area contributed by atoms with Crippen molar-refractivity contribution in [2.45, 2.75) is 24.7 Å². The van der Waals surface area contributed by atoms with E-state index in [1.165, 1.54) is 27.8 Å². The van der Waals surface area contributed by atoms with E-state index >= 15 is 0 Å². The lowest BCUT2D eigenvalue weighted by molar-refractivity contribution is 0.102. The Labute approximate surface area is 178 Å². The van der Waals surface area contributed by atoms with Crippen LogP contribution < -0.4 is 9.62 Å². The van der Waals surface area contributed by atoms with Crippen LogP contribution in [0.15, 0.2) is 52.7 Å². The first-order valence-electron chi connectivity index (χ1n) is 9.05. The van der Waals surface area contributed by atoms with Crippen LogP contribution in [-0.2, 0) is 22.9 Å². The van der Waals surface area contributed by atoms with Gasteiger partial charge in [0.15, 0.2) is 5.13 Å². The summed E-state index contributed by atoms with van der Waals surface area (Å²) >= 11 is 7.34. The highest BCUT2D eigenvalue weighted by Crippen LogP contribution is 2.34. The lowest BCUT2D eigenvalue weighted by Gasteiger charge is -2.20. The number of nitrogens with one attached hydrogen (secondary N) is 1. The molecule has 1 N–H and O–H groups in total. The van der Waals surface area contributed by atoms with Crippen LogP contribution in [0.3, 0.4) is 0 Å². The molecule has 0 unspecified atom stereocenters. The number of amides is 1. The number of aromatic nitrogens is 1. The maximum Gasteiger partial charge on any atom is 0.264 e. The summed E-state index contributed by atoms with van der Waals surface area (Å²) in [6.45, 7) is 2.32. The minimum Gasteiger partial charge on any atom is -0.298 e. The minimum absolute atomic E-state index is 0.127. The van der Waals surface area contributed by atoms with Gasteiger partial charge in [0.05, 0.1) is 16.3 Å². The highest BCUT2D eigenvalue weighted by Gasteiger charge is 2.31.